The number of aryl methyl sites for hydroxylation is 1. The molecule has 0 aliphatic heterocycles. The van der Waals surface area contributed by atoms with Crippen LogP contribution >= 0.6 is 0 Å². The summed E-state index contributed by atoms with van der Waals surface area (Å²) < 4.78 is 167. The highest BCUT2D eigenvalue weighted by Gasteiger charge is 2.49. The molecule has 0 amide bonds. The standard InChI is InChI=1S/C24H14F12/c1-7-5-13(22(28,29)30)11-6-12(21(25,26)27)8(2)15-17-10(4)20(24(34,35)36)19(23(31,32)33)9(3)16(17)14(7)18(11)15/h5-6H,1-4H3. The van der Waals surface area contributed by atoms with Crippen molar-refractivity contribution in [3.63, 3.8) is 0 Å². The smallest absolute Gasteiger partial charge is 0.166 e. The van der Waals surface area contributed by atoms with E-state index in [1.165, 1.54) is 0 Å². The van der Waals surface area contributed by atoms with Crippen molar-refractivity contribution in [2.75, 3.05) is 0 Å². The molecule has 0 fully saturated rings. The van der Waals surface area contributed by atoms with Crippen molar-refractivity contribution >= 4 is 10.8 Å². The Morgan fingerprint density at radius 1 is 0.444 bits per heavy atom. The van der Waals surface area contributed by atoms with E-state index in [2.05, 4.69) is 0 Å². The predicted octanol–water partition coefficient (Wildman–Crippen LogP) is 9.80. The van der Waals surface area contributed by atoms with Gasteiger partial charge in [-0.15, -0.1) is 0 Å². The predicted molar refractivity (Wildman–Crippen MR) is 107 cm³/mol. The zero-order valence-corrected chi connectivity index (χ0v) is 18.7. The number of benzene rings is 3. The fourth-order valence-corrected chi connectivity index (χ4v) is 5.31. The molecule has 4 rings (SSSR count). The molecule has 0 bridgehead atoms. The highest BCUT2D eigenvalue weighted by molar-refractivity contribution is 6.20. The molecule has 1 aliphatic rings. The van der Waals surface area contributed by atoms with Gasteiger partial charge >= 0.3 is 24.7 Å². The first kappa shape index (κ1) is 26.2. The average molecular weight is 530 g/mol. The van der Waals surface area contributed by atoms with Crippen LogP contribution in [0.25, 0.3) is 33.0 Å². The summed E-state index contributed by atoms with van der Waals surface area (Å²) in [4.78, 5) is 0. The Kier molecular flexibility index (Phi) is 5.31. The largest absolute Gasteiger partial charge is 0.417 e. The second-order valence-electron chi connectivity index (χ2n) is 8.70. The Morgan fingerprint density at radius 3 is 1.25 bits per heavy atom. The van der Waals surface area contributed by atoms with E-state index in [4.69, 9.17) is 0 Å². The van der Waals surface area contributed by atoms with Gasteiger partial charge in [0, 0.05) is 0 Å². The van der Waals surface area contributed by atoms with Gasteiger partial charge in [0.15, 0.2) is 0 Å². The molecule has 12 heteroatoms. The summed E-state index contributed by atoms with van der Waals surface area (Å²) in [5.41, 5.74) is -11.8. The molecule has 0 aromatic heterocycles. The third kappa shape index (κ3) is 3.54. The monoisotopic (exact) mass is 530 g/mol. The lowest BCUT2D eigenvalue weighted by molar-refractivity contribution is -0.162. The van der Waals surface area contributed by atoms with E-state index >= 15 is 0 Å². The molecule has 3 aromatic carbocycles. The summed E-state index contributed by atoms with van der Waals surface area (Å²) in [7, 11) is 0. The van der Waals surface area contributed by atoms with Crippen molar-refractivity contribution in [3.05, 3.63) is 56.6 Å². The first-order chi connectivity index (χ1) is 16.1. The Morgan fingerprint density at radius 2 is 0.861 bits per heavy atom. The maximum atomic E-state index is 13.9. The van der Waals surface area contributed by atoms with E-state index in [9.17, 15) is 52.7 Å². The van der Waals surface area contributed by atoms with Crippen LogP contribution < -0.4 is 0 Å². The number of fused-ring (bicyclic) bond motifs is 3. The van der Waals surface area contributed by atoms with E-state index in [-0.39, 0.29) is 17.2 Å². The Balaban J connectivity index is 2.40. The Labute approximate surface area is 195 Å². The van der Waals surface area contributed by atoms with Crippen molar-refractivity contribution in [1.82, 2.24) is 0 Å². The van der Waals surface area contributed by atoms with Crippen LogP contribution in [0.4, 0.5) is 52.7 Å². The van der Waals surface area contributed by atoms with Gasteiger partial charge in [0.2, 0.25) is 0 Å². The fraction of sp³-hybridized carbons (Fsp3) is 0.333. The van der Waals surface area contributed by atoms with Crippen LogP contribution in [0.15, 0.2) is 12.1 Å². The summed E-state index contributed by atoms with van der Waals surface area (Å²) in [5, 5.41) is -1.41. The molecule has 0 saturated carbocycles. The lowest BCUT2D eigenvalue weighted by Crippen LogP contribution is -2.21. The van der Waals surface area contributed by atoms with E-state index in [0.717, 1.165) is 20.8 Å². The van der Waals surface area contributed by atoms with E-state index in [1.807, 2.05) is 0 Å². The van der Waals surface area contributed by atoms with Gasteiger partial charge in [0.1, 0.15) is 0 Å². The summed E-state index contributed by atoms with van der Waals surface area (Å²) in [6.07, 6.45) is -21.4. The molecule has 3 aromatic rings. The van der Waals surface area contributed by atoms with E-state index in [1.54, 1.807) is 0 Å². The van der Waals surface area contributed by atoms with Crippen molar-refractivity contribution in [2.24, 2.45) is 0 Å². The summed E-state index contributed by atoms with van der Waals surface area (Å²) in [5.74, 6) is 0. The van der Waals surface area contributed by atoms with E-state index < -0.39 is 91.1 Å². The van der Waals surface area contributed by atoms with Gasteiger partial charge in [0.05, 0.1) is 22.3 Å². The summed E-state index contributed by atoms with van der Waals surface area (Å²) >= 11 is 0. The van der Waals surface area contributed by atoms with E-state index in [0.29, 0.717) is 13.0 Å². The number of alkyl halides is 12. The number of hydrogen-bond donors (Lipinski definition) is 0. The van der Waals surface area contributed by atoms with Gasteiger partial charge in [-0.2, -0.15) is 52.7 Å². The lowest BCUT2D eigenvalue weighted by atomic mass is 9.84. The van der Waals surface area contributed by atoms with Crippen molar-refractivity contribution in [2.45, 2.75) is 52.4 Å². The topological polar surface area (TPSA) is 0 Å². The van der Waals surface area contributed by atoms with Crippen LogP contribution in [0, 0.1) is 27.7 Å². The molecule has 0 nitrogen and oxygen atoms in total. The average Bonchev–Trinajstić information content (AvgIpc) is 3.03. The second-order valence-corrected chi connectivity index (χ2v) is 8.70. The van der Waals surface area contributed by atoms with Crippen LogP contribution in [-0.2, 0) is 24.7 Å². The maximum Gasteiger partial charge on any atom is 0.417 e. The van der Waals surface area contributed by atoms with Crippen LogP contribution in [0.1, 0.15) is 44.5 Å². The Bertz CT molecular complexity index is 1440. The van der Waals surface area contributed by atoms with Crippen LogP contribution in [0.3, 0.4) is 0 Å². The molecule has 0 radical (unpaired) electrons. The quantitative estimate of drug-likeness (QED) is 0.199. The summed E-state index contributed by atoms with van der Waals surface area (Å²) in [6.45, 7) is 3.43. The van der Waals surface area contributed by atoms with Crippen molar-refractivity contribution < 1.29 is 52.7 Å². The molecule has 0 heterocycles. The molecule has 194 valence electrons. The molecule has 0 N–H and O–H groups in total. The first-order valence-electron chi connectivity index (χ1n) is 10.2. The van der Waals surface area contributed by atoms with Crippen LogP contribution in [0.2, 0.25) is 0 Å². The fourth-order valence-electron chi connectivity index (χ4n) is 5.31. The van der Waals surface area contributed by atoms with Gasteiger partial charge in [-0.25, -0.2) is 0 Å². The van der Waals surface area contributed by atoms with Gasteiger partial charge in [0.25, 0.3) is 0 Å². The molecule has 0 spiro atoms. The van der Waals surface area contributed by atoms with Gasteiger partial charge in [-0.1, -0.05) is 0 Å². The molecular weight excluding hydrogens is 516 g/mol. The van der Waals surface area contributed by atoms with Crippen LogP contribution in [0.5, 0.6) is 0 Å². The number of rotatable bonds is 0. The third-order valence-corrected chi connectivity index (χ3v) is 6.56. The zero-order valence-electron chi connectivity index (χ0n) is 18.7. The maximum absolute atomic E-state index is 13.9. The number of halogens is 12. The molecule has 0 saturated heterocycles. The molecule has 0 atom stereocenters. The lowest BCUT2D eigenvalue weighted by Gasteiger charge is -2.25. The Hall–Kier alpha value is -2.92. The SMILES string of the molecule is Cc1cc(C(F)(F)F)c2cc(C(F)(F)F)c(C)c3c2c1-c1c(C)c(C(F)(F)F)c(C(F)(F)F)c(C)c1-3. The van der Waals surface area contributed by atoms with Crippen LogP contribution in [-0.4, -0.2) is 0 Å². The molecular formula is C24H14F12. The number of hydrogen-bond acceptors (Lipinski definition) is 0. The normalized spacial score (nSPS) is 14.1. The first-order valence-corrected chi connectivity index (χ1v) is 10.2. The van der Waals surface area contributed by atoms with Gasteiger partial charge in [-0.3, -0.25) is 0 Å². The highest BCUT2D eigenvalue weighted by atomic mass is 19.4. The van der Waals surface area contributed by atoms with Gasteiger partial charge < -0.3 is 0 Å². The minimum absolute atomic E-state index is 0.232. The van der Waals surface area contributed by atoms with Gasteiger partial charge in [-0.05, 0) is 95.1 Å². The third-order valence-electron chi connectivity index (χ3n) is 6.56. The molecule has 36 heavy (non-hydrogen) atoms. The van der Waals surface area contributed by atoms with Crippen molar-refractivity contribution in [3.8, 4) is 22.3 Å². The minimum Gasteiger partial charge on any atom is -0.166 e. The zero-order chi connectivity index (χ0) is 27.5. The minimum atomic E-state index is -5.55. The molecule has 1 aliphatic carbocycles. The molecule has 0 unspecified atom stereocenters. The second kappa shape index (κ2) is 7.32. The summed E-state index contributed by atoms with van der Waals surface area (Å²) in [6, 6.07) is 0.761. The van der Waals surface area contributed by atoms with Crippen molar-refractivity contribution in [1.29, 1.82) is 0 Å². The highest BCUT2D eigenvalue weighted by Crippen LogP contribution is 2.60.